The van der Waals surface area contributed by atoms with E-state index in [-0.39, 0.29) is 5.84 Å². The number of nitrogens with two attached hydrogens (primary N) is 1. The van der Waals surface area contributed by atoms with Crippen molar-refractivity contribution >= 4 is 5.84 Å². The number of amidine groups is 1. The van der Waals surface area contributed by atoms with Gasteiger partial charge in [0, 0.05) is 12.5 Å². The Hall–Kier alpha value is -0.570. The minimum absolute atomic E-state index is 0.282. The molecule has 0 heterocycles. The van der Waals surface area contributed by atoms with Crippen molar-refractivity contribution in [2.24, 2.45) is 5.73 Å². The lowest BCUT2D eigenvalue weighted by Crippen LogP contribution is -2.35. The Morgan fingerprint density at radius 1 is 1.45 bits per heavy atom. The molecule has 0 aromatic rings. The van der Waals surface area contributed by atoms with Crippen LogP contribution in [-0.4, -0.2) is 29.9 Å². The highest BCUT2D eigenvalue weighted by molar-refractivity contribution is 5.77. The summed E-state index contributed by atoms with van der Waals surface area (Å²) >= 11 is 0. The molecule has 0 amide bonds. The highest BCUT2D eigenvalue weighted by atomic mass is 15.1. The molecule has 0 saturated carbocycles. The third kappa shape index (κ3) is 3.98. The topological polar surface area (TPSA) is 53.1 Å². The summed E-state index contributed by atoms with van der Waals surface area (Å²) in [5, 5.41) is 7.12. The van der Waals surface area contributed by atoms with Gasteiger partial charge in [0.05, 0.1) is 5.84 Å². The Morgan fingerprint density at radius 2 is 1.91 bits per heavy atom. The quantitative estimate of drug-likeness (QED) is 0.463. The molecular weight excluding hydrogens is 138 g/mol. The van der Waals surface area contributed by atoms with Crippen LogP contribution >= 0.6 is 0 Å². The van der Waals surface area contributed by atoms with Gasteiger partial charge >= 0.3 is 0 Å². The lowest BCUT2D eigenvalue weighted by Gasteiger charge is -2.25. The van der Waals surface area contributed by atoms with Gasteiger partial charge in [-0.05, 0) is 20.0 Å². The minimum Gasteiger partial charge on any atom is -0.388 e. The van der Waals surface area contributed by atoms with E-state index >= 15 is 0 Å². The van der Waals surface area contributed by atoms with Gasteiger partial charge in [-0.15, -0.1) is 0 Å². The molecule has 3 heteroatoms. The monoisotopic (exact) mass is 157 g/mol. The molecule has 3 N–H and O–H groups in total. The molecule has 1 unspecified atom stereocenters. The molecule has 3 nitrogen and oxygen atoms in total. The van der Waals surface area contributed by atoms with E-state index in [4.69, 9.17) is 11.1 Å². The summed E-state index contributed by atoms with van der Waals surface area (Å²) in [5.74, 6) is 0.282. The summed E-state index contributed by atoms with van der Waals surface area (Å²) in [4.78, 5) is 2.29. The van der Waals surface area contributed by atoms with Gasteiger partial charge < -0.3 is 10.6 Å². The smallest absolute Gasteiger partial charge is 0.0920 e. The van der Waals surface area contributed by atoms with Gasteiger partial charge in [-0.3, -0.25) is 5.41 Å². The Bertz CT molecular complexity index is 119. The number of hydrogen-bond donors (Lipinski definition) is 2. The average Bonchev–Trinajstić information content (AvgIpc) is 1.88. The highest BCUT2D eigenvalue weighted by Gasteiger charge is 2.09. The van der Waals surface area contributed by atoms with Crippen molar-refractivity contribution in [1.29, 1.82) is 5.41 Å². The Kier molecular flexibility index (Phi) is 4.86. The number of nitrogens with zero attached hydrogens (tertiary/aromatic N) is 1. The van der Waals surface area contributed by atoms with Crippen molar-refractivity contribution in [3.05, 3.63) is 0 Å². The van der Waals surface area contributed by atoms with Crippen molar-refractivity contribution in [2.45, 2.75) is 33.2 Å². The maximum Gasteiger partial charge on any atom is 0.0920 e. The fourth-order valence-electron chi connectivity index (χ4n) is 1.29. The molecule has 0 radical (unpaired) electrons. The van der Waals surface area contributed by atoms with E-state index < -0.39 is 0 Å². The van der Waals surface area contributed by atoms with Crippen molar-refractivity contribution in [2.75, 3.05) is 13.1 Å². The fraction of sp³-hybridized carbons (Fsp3) is 0.875. The molecule has 0 spiro atoms. The predicted octanol–water partition coefficient (Wildman–Crippen LogP) is 1.04. The van der Waals surface area contributed by atoms with E-state index in [1.807, 2.05) is 0 Å². The second kappa shape index (κ2) is 5.13. The van der Waals surface area contributed by atoms with E-state index in [1.165, 1.54) is 0 Å². The van der Waals surface area contributed by atoms with Crippen molar-refractivity contribution in [3.63, 3.8) is 0 Å². The summed E-state index contributed by atoms with van der Waals surface area (Å²) in [6.45, 7) is 8.42. The lowest BCUT2D eigenvalue weighted by atomic mass is 10.2. The average molecular weight is 157 g/mol. The molecule has 0 aliphatic heterocycles. The van der Waals surface area contributed by atoms with Crippen molar-refractivity contribution < 1.29 is 0 Å². The van der Waals surface area contributed by atoms with Gasteiger partial charge in [-0.25, -0.2) is 0 Å². The second-order valence-electron chi connectivity index (χ2n) is 2.80. The van der Waals surface area contributed by atoms with Crippen LogP contribution in [0.25, 0.3) is 0 Å². The first-order valence-corrected chi connectivity index (χ1v) is 4.18. The standard InChI is InChI=1S/C8H19N3/c1-4-11(5-2)7(3)6-8(9)10/h7H,4-6H2,1-3H3,(H3,9,10). The SMILES string of the molecule is CCN(CC)C(C)CC(=N)N. The maximum atomic E-state index is 7.12. The van der Waals surface area contributed by atoms with Gasteiger partial charge in [0.2, 0.25) is 0 Å². The maximum absolute atomic E-state index is 7.12. The predicted molar refractivity (Wildman–Crippen MR) is 48.9 cm³/mol. The van der Waals surface area contributed by atoms with Gasteiger partial charge in [0.15, 0.2) is 0 Å². The number of hydrogen-bond acceptors (Lipinski definition) is 2. The molecule has 66 valence electrons. The van der Waals surface area contributed by atoms with Crippen LogP contribution in [0.4, 0.5) is 0 Å². The molecule has 0 aliphatic rings. The van der Waals surface area contributed by atoms with Crippen molar-refractivity contribution in [1.82, 2.24) is 4.90 Å². The Balaban J connectivity index is 3.78. The number of rotatable bonds is 5. The Labute approximate surface area is 69.1 Å². The van der Waals surface area contributed by atoms with E-state index in [0.29, 0.717) is 12.5 Å². The largest absolute Gasteiger partial charge is 0.388 e. The van der Waals surface area contributed by atoms with E-state index in [1.54, 1.807) is 0 Å². The van der Waals surface area contributed by atoms with E-state index in [9.17, 15) is 0 Å². The zero-order valence-corrected chi connectivity index (χ0v) is 7.72. The molecule has 0 fully saturated rings. The summed E-state index contributed by atoms with van der Waals surface area (Å²) in [6, 6.07) is 0.405. The van der Waals surface area contributed by atoms with Crippen LogP contribution in [0.3, 0.4) is 0 Å². The Morgan fingerprint density at radius 3 is 2.18 bits per heavy atom. The first kappa shape index (κ1) is 10.4. The zero-order chi connectivity index (χ0) is 8.85. The first-order chi connectivity index (χ1) is 5.11. The fourth-order valence-corrected chi connectivity index (χ4v) is 1.29. The molecule has 0 saturated heterocycles. The van der Waals surface area contributed by atoms with E-state index in [2.05, 4.69) is 25.7 Å². The summed E-state index contributed by atoms with van der Waals surface area (Å²) in [5.41, 5.74) is 5.30. The summed E-state index contributed by atoms with van der Waals surface area (Å²) < 4.78 is 0. The molecule has 0 aromatic carbocycles. The zero-order valence-electron chi connectivity index (χ0n) is 7.72. The normalized spacial score (nSPS) is 13.5. The highest BCUT2D eigenvalue weighted by Crippen LogP contribution is 2.01. The third-order valence-corrected chi connectivity index (χ3v) is 1.95. The van der Waals surface area contributed by atoms with Gasteiger partial charge in [-0.2, -0.15) is 0 Å². The second-order valence-corrected chi connectivity index (χ2v) is 2.80. The number of nitrogens with one attached hydrogen (secondary N) is 1. The molecule has 1 atom stereocenters. The van der Waals surface area contributed by atoms with E-state index in [0.717, 1.165) is 13.1 Å². The van der Waals surface area contributed by atoms with Crippen LogP contribution in [-0.2, 0) is 0 Å². The molecule has 0 aliphatic carbocycles. The van der Waals surface area contributed by atoms with Crippen LogP contribution in [0, 0.1) is 5.41 Å². The summed E-state index contributed by atoms with van der Waals surface area (Å²) in [7, 11) is 0. The van der Waals surface area contributed by atoms with Gasteiger partial charge in [-0.1, -0.05) is 13.8 Å². The van der Waals surface area contributed by atoms with Crippen LogP contribution in [0.1, 0.15) is 27.2 Å². The molecular formula is C8H19N3. The summed E-state index contributed by atoms with van der Waals surface area (Å²) in [6.07, 6.45) is 0.682. The molecule has 0 bridgehead atoms. The third-order valence-electron chi connectivity index (χ3n) is 1.95. The van der Waals surface area contributed by atoms with Crippen LogP contribution in [0.5, 0.6) is 0 Å². The molecule has 0 rings (SSSR count). The van der Waals surface area contributed by atoms with Crippen LogP contribution in [0.15, 0.2) is 0 Å². The van der Waals surface area contributed by atoms with Crippen molar-refractivity contribution in [3.8, 4) is 0 Å². The van der Waals surface area contributed by atoms with Crippen LogP contribution in [0.2, 0.25) is 0 Å². The molecule has 0 aromatic heterocycles. The minimum atomic E-state index is 0.282. The first-order valence-electron chi connectivity index (χ1n) is 4.18. The van der Waals surface area contributed by atoms with Gasteiger partial charge in [0.1, 0.15) is 0 Å². The van der Waals surface area contributed by atoms with Crippen LogP contribution < -0.4 is 5.73 Å². The molecule has 11 heavy (non-hydrogen) atoms. The van der Waals surface area contributed by atoms with Gasteiger partial charge in [0.25, 0.3) is 0 Å². The lowest BCUT2D eigenvalue weighted by molar-refractivity contribution is 0.236.